The van der Waals surface area contributed by atoms with Crippen LogP contribution in [0.1, 0.15) is 12.5 Å². The number of rotatable bonds is 4. The molecule has 0 unspecified atom stereocenters. The predicted molar refractivity (Wildman–Crippen MR) is 73.9 cm³/mol. The van der Waals surface area contributed by atoms with Crippen molar-refractivity contribution in [2.24, 2.45) is 0 Å². The van der Waals surface area contributed by atoms with Crippen LogP contribution in [0, 0.1) is 11.6 Å². The van der Waals surface area contributed by atoms with Crippen LogP contribution in [0.15, 0.2) is 42.5 Å². The third-order valence-corrected chi connectivity index (χ3v) is 3.01. The summed E-state index contributed by atoms with van der Waals surface area (Å²) in [7, 11) is 0. The third kappa shape index (κ3) is 3.02. The van der Waals surface area contributed by atoms with E-state index in [1.54, 1.807) is 24.3 Å². The molecule has 0 fully saturated rings. The molecule has 2 aromatic rings. The first-order valence-electron chi connectivity index (χ1n) is 6.15. The Kier molecular flexibility index (Phi) is 4.00. The Balaban J connectivity index is 2.24. The van der Waals surface area contributed by atoms with Crippen LogP contribution in [-0.2, 0) is 6.54 Å². The first-order valence-corrected chi connectivity index (χ1v) is 6.15. The van der Waals surface area contributed by atoms with Gasteiger partial charge in [0.05, 0.1) is 11.4 Å². The van der Waals surface area contributed by atoms with E-state index < -0.39 is 5.82 Å². The number of benzene rings is 2. The highest BCUT2D eigenvalue weighted by Crippen LogP contribution is 2.21. The van der Waals surface area contributed by atoms with Gasteiger partial charge in [0.1, 0.15) is 11.6 Å². The maximum Gasteiger partial charge on any atom is 0.146 e. The SMILES string of the molecule is CCN(Cc1ccc(N)c(F)c1)c1ccccc1F. The van der Waals surface area contributed by atoms with Gasteiger partial charge in [0.25, 0.3) is 0 Å². The lowest BCUT2D eigenvalue weighted by molar-refractivity contribution is 0.615. The Bertz CT molecular complexity index is 570. The molecule has 0 amide bonds. The average molecular weight is 262 g/mol. The molecule has 0 aliphatic rings. The molecule has 19 heavy (non-hydrogen) atoms. The molecule has 0 radical (unpaired) electrons. The van der Waals surface area contributed by atoms with Crippen LogP contribution in [-0.4, -0.2) is 6.54 Å². The lowest BCUT2D eigenvalue weighted by Gasteiger charge is -2.23. The predicted octanol–water partition coefficient (Wildman–Crippen LogP) is 3.57. The van der Waals surface area contributed by atoms with E-state index in [4.69, 9.17) is 5.73 Å². The van der Waals surface area contributed by atoms with Crippen molar-refractivity contribution in [2.75, 3.05) is 17.2 Å². The molecular formula is C15H16F2N2. The molecule has 0 saturated heterocycles. The molecule has 0 spiro atoms. The fourth-order valence-corrected chi connectivity index (χ4v) is 1.96. The second kappa shape index (κ2) is 5.69. The molecule has 4 heteroatoms. The molecule has 0 heterocycles. The van der Waals surface area contributed by atoms with Crippen molar-refractivity contribution in [2.45, 2.75) is 13.5 Å². The zero-order valence-electron chi connectivity index (χ0n) is 10.7. The van der Waals surface area contributed by atoms with Gasteiger partial charge in [-0.1, -0.05) is 18.2 Å². The van der Waals surface area contributed by atoms with Crippen LogP contribution in [0.5, 0.6) is 0 Å². The summed E-state index contributed by atoms with van der Waals surface area (Å²) in [6.07, 6.45) is 0. The van der Waals surface area contributed by atoms with E-state index in [2.05, 4.69) is 0 Å². The molecule has 0 aliphatic heterocycles. The number of halogens is 2. The quantitative estimate of drug-likeness (QED) is 0.853. The van der Waals surface area contributed by atoms with Gasteiger partial charge in [-0.2, -0.15) is 0 Å². The molecule has 100 valence electrons. The largest absolute Gasteiger partial charge is 0.396 e. The topological polar surface area (TPSA) is 29.3 Å². The molecule has 0 atom stereocenters. The fourth-order valence-electron chi connectivity index (χ4n) is 1.96. The minimum atomic E-state index is -0.443. The minimum Gasteiger partial charge on any atom is -0.396 e. The van der Waals surface area contributed by atoms with E-state index in [1.165, 1.54) is 18.2 Å². The zero-order chi connectivity index (χ0) is 13.8. The Morgan fingerprint density at radius 1 is 1.05 bits per heavy atom. The third-order valence-electron chi connectivity index (χ3n) is 3.01. The summed E-state index contributed by atoms with van der Waals surface area (Å²) in [6.45, 7) is 3.00. The number of anilines is 2. The van der Waals surface area contributed by atoms with Crippen molar-refractivity contribution in [1.82, 2.24) is 0 Å². The highest BCUT2D eigenvalue weighted by Gasteiger charge is 2.10. The van der Waals surface area contributed by atoms with Crippen LogP contribution >= 0.6 is 0 Å². The summed E-state index contributed by atoms with van der Waals surface area (Å²) < 4.78 is 27.1. The minimum absolute atomic E-state index is 0.123. The van der Waals surface area contributed by atoms with Crippen LogP contribution in [0.2, 0.25) is 0 Å². The Hall–Kier alpha value is -2.10. The van der Waals surface area contributed by atoms with Gasteiger partial charge < -0.3 is 10.6 Å². The summed E-state index contributed by atoms with van der Waals surface area (Å²) in [4.78, 5) is 1.85. The van der Waals surface area contributed by atoms with E-state index in [-0.39, 0.29) is 11.5 Å². The molecular weight excluding hydrogens is 246 g/mol. The van der Waals surface area contributed by atoms with Crippen molar-refractivity contribution in [1.29, 1.82) is 0 Å². The number of hydrogen-bond donors (Lipinski definition) is 1. The second-order valence-electron chi connectivity index (χ2n) is 4.32. The number of nitrogens with zero attached hydrogens (tertiary/aromatic N) is 1. The summed E-state index contributed by atoms with van der Waals surface area (Å²) in [5.74, 6) is -0.720. The summed E-state index contributed by atoms with van der Waals surface area (Å²) in [6, 6.07) is 11.2. The highest BCUT2D eigenvalue weighted by molar-refractivity contribution is 5.49. The lowest BCUT2D eigenvalue weighted by Crippen LogP contribution is -2.23. The molecule has 2 nitrogen and oxygen atoms in total. The standard InChI is InChI=1S/C15H16F2N2/c1-2-19(15-6-4-3-5-12(15)16)10-11-7-8-14(18)13(17)9-11/h3-9H,2,10,18H2,1H3. The molecule has 2 N–H and O–H groups in total. The summed E-state index contributed by atoms with van der Waals surface area (Å²) >= 11 is 0. The molecule has 2 rings (SSSR count). The Labute approximate surface area is 111 Å². The maximum absolute atomic E-state index is 13.7. The number of nitrogens with two attached hydrogens (primary N) is 1. The van der Waals surface area contributed by atoms with Crippen molar-refractivity contribution in [3.05, 3.63) is 59.7 Å². The molecule has 2 aromatic carbocycles. The molecule has 0 aromatic heterocycles. The lowest BCUT2D eigenvalue weighted by atomic mass is 10.1. The number of hydrogen-bond acceptors (Lipinski definition) is 2. The van der Waals surface area contributed by atoms with Gasteiger partial charge >= 0.3 is 0 Å². The summed E-state index contributed by atoms with van der Waals surface area (Å²) in [5.41, 5.74) is 6.84. The van der Waals surface area contributed by atoms with Crippen molar-refractivity contribution >= 4 is 11.4 Å². The van der Waals surface area contributed by atoms with Gasteiger partial charge in [0, 0.05) is 13.1 Å². The Morgan fingerprint density at radius 3 is 2.42 bits per heavy atom. The Morgan fingerprint density at radius 2 is 1.79 bits per heavy atom. The van der Waals surface area contributed by atoms with E-state index in [1.807, 2.05) is 11.8 Å². The smallest absolute Gasteiger partial charge is 0.146 e. The van der Waals surface area contributed by atoms with Gasteiger partial charge in [-0.25, -0.2) is 8.78 Å². The zero-order valence-corrected chi connectivity index (χ0v) is 10.7. The van der Waals surface area contributed by atoms with Gasteiger partial charge in [0.15, 0.2) is 0 Å². The van der Waals surface area contributed by atoms with Gasteiger partial charge in [0.2, 0.25) is 0 Å². The van der Waals surface area contributed by atoms with Crippen LogP contribution in [0.25, 0.3) is 0 Å². The molecule has 0 aliphatic carbocycles. The van der Waals surface area contributed by atoms with Crippen LogP contribution < -0.4 is 10.6 Å². The van der Waals surface area contributed by atoms with Crippen molar-refractivity contribution in [3.63, 3.8) is 0 Å². The second-order valence-corrected chi connectivity index (χ2v) is 4.32. The van der Waals surface area contributed by atoms with E-state index in [0.29, 0.717) is 18.8 Å². The van der Waals surface area contributed by atoms with Crippen LogP contribution in [0.3, 0.4) is 0 Å². The maximum atomic E-state index is 13.7. The first-order chi connectivity index (χ1) is 9.11. The highest BCUT2D eigenvalue weighted by atomic mass is 19.1. The van der Waals surface area contributed by atoms with Crippen molar-refractivity contribution < 1.29 is 8.78 Å². The fraction of sp³-hybridized carbons (Fsp3) is 0.200. The average Bonchev–Trinajstić information content (AvgIpc) is 2.41. The van der Waals surface area contributed by atoms with Crippen molar-refractivity contribution in [3.8, 4) is 0 Å². The van der Waals surface area contributed by atoms with E-state index in [0.717, 1.165) is 5.56 Å². The first kappa shape index (κ1) is 13.3. The monoisotopic (exact) mass is 262 g/mol. The number of nitrogen functional groups attached to an aromatic ring is 1. The number of para-hydroxylation sites is 1. The summed E-state index contributed by atoms with van der Waals surface area (Å²) in [5, 5.41) is 0. The van der Waals surface area contributed by atoms with E-state index in [9.17, 15) is 8.78 Å². The van der Waals surface area contributed by atoms with Gasteiger partial charge in [-0.15, -0.1) is 0 Å². The molecule has 0 saturated carbocycles. The van der Waals surface area contributed by atoms with Crippen LogP contribution in [0.4, 0.5) is 20.2 Å². The molecule has 0 bridgehead atoms. The van der Waals surface area contributed by atoms with Gasteiger partial charge in [-0.3, -0.25) is 0 Å². The normalized spacial score (nSPS) is 10.5. The van der Waals surface area contributed by atoms with E-state index >= 15 is 0 Å². The van der Waals surface area contributed by atoms with Gasteiger partial charge in [-0.05, 0) is 36.8 Å².